The van der Waals surface area contributed by atoms with Gasteiger partial charge in [0, 0.05) is 23.2 Å². The van der Waals surface area contributed by atoms with Gasteiger partial charge in [0.15, 0.2) is 16.7 Å². The highest BCUT2D eigenvalue weighted by Gasteiger charge is 2.13. The van der Waals surface area contributed by atoms with Crippen molar-refractivity contribution < 1.29 is 4.42 Å². The number of nitrogens with zero attached hydrogens (tertiary/aromatic N) is 4. The van der Waals surface area contributed by atoms with Gasteiger partial charge in [-0.15, -0.1) is 10.2 Å². The lowest BCUT2D eigenvalue weighted by molar-refractivity contribution is 0.529. The van der Waals surface area contributed by atoms with Crippen LogP contribution in [0.3, 0.4) is 0 Å². The van der Waals surface area contributed by atoms with Crippen LogP contribution in [0, 0.1) is 0 Å². The molecule has 7 heteroatoms. The zero-order valence-electron chi connectivity index (χ0n) is 14.0. The van der Waals surface area contributed by atoms with Gasteiger partial charge in [-0.25, -0.2) is 4.98 Å². The van der Waals surface area contributed by atoms with Crippen molar-refractivity contribution in [1.82, 2.24) is 19.7 Å². The molecule has 2 heterocycles. The number of rotatable bonds is 5. The Labute approximate surface area is 160 Å². The molecule has 4 aromatic rings. The number of thioether (sulfide) groups is 1. The molecule has 0 spiro atoms. The zero-order chi connectivity index (χ0) is 17.9. The fourth-order valence-electron chi connectivity index (χ4n) is 2.53. The minimum atomic E-state index is 0.583. The van der Waals surface area contributed by atoms with Crippen molar-refractivity contribution in [3.05, 3.63) is 71.7 Å². The van der Waals surface area contributed by atoms with E-state index in [0.717, 1.165) is 27.9 Å². The van der Waals surface area contributed by atoms with E-state index in [9.17, 15) is 0 Å². The third-order valence-corrected chi connectivity index (χ3v) is 5.13. The normalized spacial score (nSPS) is 11.0. The second-order valence-electron chi connectivity index (χ2n) is 5.65. The average Bonchev–Trinajstić information content (AvgIpc) is 3.29. The van der Waals surface area contributed by atoms with Crippen molar-refractivity contribution in [3.8, 4) is 22.7 Å². The highest BCUT2D eigenvalue weighted by atomic mass is 35.5. The molecule has 4 rings (SSSR count). The molecular formula is C19H15ClN4OS. The van der Waals surface area contributed by atoms with Gasteiger partial charge in [-0.2, -0.15) is 0 Å². The molecule has 0 aliphatic heterocycles. The number of aromatic nitrogens is 4. The van der Waals surface area contributed by atoms with Crippen molar-refractivity contribution in [1.29, 1.82) is 0 Å². The first-order valence-electron chi connectivity index (χ1n) is 7.99. The minimum absolute atomic E-state index is 0.583. The van der Waals surface area contributed by atoms with Gasteiger partial charge in [0.25, 0.3) is 0 Å². The van der Waals surface area contributed by atoms with Gasteiger partial charge in [0.05, 0.1) is 11.9 Å². The molecule has 0 saturated carbocycles. The largest absolute Gasteiger partial charge is 0.440 e. The fraction of sp³-hybridized carbons (Fsp3) is 0.105. The number of hydrogen-bond donors (Lipinski definition) is 0. The van der Waals surface area contributed by atoms with E-state index in [0.29, 0.717) is 16.7 Å². The summed E-state index contributed by atoms with van der Waals surface area (Å²) in [6.45, 7) is 0. The molecule has 2 aromatic heterocycles. The second kappa shape index (κ2) is 7.35. The van der Waals surface area contributed by atoms with E-state index in [1.807, 2.05) is 66.2 Å². The Morgan fingerprint density at radius 3 is 2.54 bits per heavy atom. The predicted octanol–water partition coefficient (Wildman–Crippen LogP) is 5.08. The van der Waals surface area contributed by atoms with Crippen LogP contribution in [0.1, 0.15) is 5.89 Å². The average molecular weight is 383 g/mol. The molecule has 0 aliphatic rings. The Hall–Kier alpha value is -2.57. The summed E-state index contributed by atoms with van der Waals surface area (Å²) in [4.78, 5) is 4.35. The van der Waals surface area contributed by atoms with Crippen molar-refractivity contribution in [3.63, 3.8) is 0 Å². The fourth-order valence-corrected chi connectivity index (χ4v) is 3.42. The smallest absolute Gasteiger partial charge is 0.205 e. The van der Waals surface area contributed by atoms with Gasteiger partial charge in [0.1, 0.15) is 0 Å². The van der Waals surface area contributed by atoms with Crippen LogP contribution >= 0.6 is 23.4 Å². The molecule has 5 nitrogen and oxygen atoms in total. The first-order chi connectivity index (χ1) is 12.7. The van der Waals surface area contributed by atoms with E-state index >= 15 is 0 Å². The summed E-state index contributed by atoms with van der Waals surface area (Å²) in [7, 11) is 1.94. The summed E-state index contributed by atoms with van der Waals surface area (Å²) in [5, 5.41) is 10.0. The van der Waals surface area contributed by atoms with Crippen molar-refractivity contribution in [2.75, 3.05) is 0 Å². The van der Waals surface area contributed by atoms with Crippen LogP contribution in [0.5, 0.6) is 0 Å². The molecule has 0 radical (unpaired) electrons. The highest BCUT2D eigenvalue weighted by Crippen LogP contribution is 2.27. The number of hydrogen-bond acceptors (Lipinski definition) is 5. The van der Waals surface area contributed by atoms with E-state index in [-0.39, 0.29) is 0 Å². The Morgan fingerprint density at radius 2 is 1.77 bits per heavy atom. The second-order valence-corrected chi connectivity index (χ2v) is 7.02. The number of halogens is 1. The van der Waals surface area contributed by atoms with Crippen LogP contribution in [-0.2, 0) is 12.8 Å². The molecule has 0 fully saturated rings. The SMILES string of the molecule is Cn1c(SCc2ncc(-c3ccccc3)o2)nnc1-c1ccc(Cl)cc1. The van der Waals surface area contributed by atoms with Gasteiger partial charge < -0.3 is 8.98 Å². The van der Waals surface area contributed by atoms with E-state index in [4.69, 9.17) is 16.0 Å². The van der Waals surface area contributed by atoms with Gasteiger partial charge in [0.2, 0.25) is 5.89 Å². The van der Waals surface area contributed by atoms with Crippen LogP contribution in [0.2, 0.25) is 5.02 Å². The highest BCUT2D eigenvalue weighted by molar-refractivity contribution is 7.98. The summed E-state index contributed by atoms with van der Waals surface area (Å²) in [6.07, 6.45) is 1.75. The molecule has 2 aromatic carbocycles. The monoisotopic (exact) mass is 382 g/mol. The molecule has 26 heavy (non-hydrogen) atoms. The maximum absolute atomic E-state index is 5.94. The van der Waals surface area contributed by atoms with Gasteiger partial charge in [-0.1, -0.05) is 53.7 Å². The molecular weight excluding hydrogens is 368 g/mol. The Bertz CT molecular complexity index is 1010. The van der Waals surface area contributed by atoms with Gasteiger partial charge >= 0.3 is 0 Å². The molecule has 0 saturated heterocycles. The number of benzene rings is 2. The third kappa shape index (κ3) is 3.52. The van der Waals surface area contributed by atoms with Gasteiger partial charge in [-0.3, -0.25) is 0 Å². The van der Waals surface area contributed by atoms with E-state index in [1.54, 1.807) is 6.20 Å². The lowest BCUT2D eigenvalue weighted by Crippen LogP contribution is -1.95. The Morgan fingerprint density at radius 1 is 1.00 bits per heavy atom. The van der Waals surface area contributed by atoms with Crippen LogP contribution < -0.4 is 0 Å². The summed E-state index contributed by atoms with van der Waals surface area (Å²) in [5.41, 5.74) is 1.98. The van der Waals surface area contributed by atoms with E-state index < -0.39 is 0 Å². The van der Waals surface area contributed by atoms with Crippen LogP contribution in [0.15, 0.2) is 70.4 Å². The van der Waals surface area contributed by atoms with Crippen molar-refractivity contribution >= 4 is 23.4 Å². The third-order valence-electron chi connectivity index (χ3n) is 3.87. The molecule has 0 bridgehead atoms. The molecule has 0 N–H and O–H groups in total. The molecule has 0 unspecified atom stereocenters. The van der Waals surface area contributed by atoms with Gasteiger partial charge in [-0.05, 0) is 24.3 Å². The van der Waals surface area contributed by atoms with Crippen molar-refractivity contribution in [2.24, 2.45) is 7.05 Å². The number of oxazole rings is 1. The first kappa shape index (κ1) is 16.9. The Balaban J connectivity index is 1.47. The topological polar surface area (TPSA) is 56.7 Å². The van der Waals surface area contributed by atoms with E-state index in [2.05, 4.69) is 15.2 Å². The van der Waals surface area contributed by atoms with Crippen LogP contribution in [0.4, 0.5) is 0 Å². The molecule has 0 amide bonds. The van der Waals surface area contributed by atoms with Crippen LogP contribution in [-0.4, -0.2) is 19.7 Å². The minimum Gasteiger partial charge on any atom is -0.440 e. The summed E-state index contributed by atoms with van der Waals surface area (Å²) in [6, 6.07) is 17.5. The summed E-state index contributed by atoms with van der Waals surface area (Å²) in [5.74, 6) is 2.80. The van der Waals surface area contributed by atoms with Crippen molar-refractivity contribution in [2.45, 2.75) is 10.9 Å². The molecule has 0 aliphatic carbocycles. The predicted molar refractivity (Wildman–Crippen MR) is 103 cm³/mol. The zero-order valence-corrected chi connectivity index (χ0v) is 15.5. The molecule has 0 atom stereocenters. The lowest BCUT2D eigenvalue weighted by Gasteiger charge is -2.03. The summed E-state index contributed by atoms with van der Waals surface area (Å²) < 4.78 is 7.79. The first-order valence-corrected chi connectivity index (χ1v) is 9.35. The Kier molecular flexibility index (Phi) is 4.77. The lowest BCUT2D eigenvalue weighted by atomic mass is 10.2. The summed E-state index contributed by atoms with van der Waals surface area (Å²) >= 11 is 7.48. The maximum atomic E-state index is 5.94. The van der Waals surface area contributed by atoms with E-state index in [1.165, 1.54) is 11.8 Å². The maximum Gasteiger partial charge on any atom is 0.205 e. The quantitative estimate of drug-likeness (QED) is 0.450. The van der Waals surface area contributed by atoms with Crippen LogP contribution in [0.25, 0.3) is 22.7 Å². The standard InChI is InChI=1S/C19H15ClN4OS/c1-24-18(14-7-9-15(20)10-8-14)22-23-19(24)26-12-17-21-11-16(25-17)13-5-3-2-4-6-13/h2-11H,12H2,1H3. The molecule has 130 valence electrons.